The van der Waals surface area contributed by atoms with Crippen molar-refractivity contribution in [2.45, 2.75) is 47.0 Å². The zero-order valence-corrected chi connectivity index (χ0v) is 9.56. The average molecular weight is 184 g/mol. The summed E-state index contributed by atoms with van der Waals surface area (Å²) in [6.45, 7) is 10.7. The molecule has 78 valence electrons. The summed E-state index contributed by atoms with van der Waals surface area (Å²) < 4.78 is 0. The molecule has 0 heterocycles. The second-order valence-corrected chi connectivity index (χ2v) is 3.75. The van der Waals surface area contributed by atoms with Crippen molar-refractivity contribution in [1.29, 1.82) is 5.41 Å². The summed E-state index contributed by atoms with van der Waals surface area (Å²) in [4.78, 5) is 2.19. The van der Waals surface area contributed by atoms with Crippen LogP contribution in [0, 0.1) is 11.3 Å². The molecule has 0 rings (SSSR count). The van der Waals surface area contributed by atoms with Crippen molar-refractivity contribution in [1.82, 2.24) is 4.90 Å². The van der Waals surface area contributed by atoms with E-state index < -0.39 is 0 Å². The molecule has 2 nitrogen and oxygen atoms in total. The molecule has 0 aromatic rings. The van der Waals surface area contributed by atoms with Gasteiger partial charge in [0.05, 0.1) is 5.84 Å². The number of amidine groups is 1. The fraction of sp³-hybridized carbons (Fsp3) is 0.909. The van der Waals surface area contributed by atoms with E-state index in [9.17, 15) is 0 Å². The molecule has 0 saturated carbocycles. The summed E-state index contributed by atoms with van der Waals surface area (Å²) in [5, 5.41) is 7.84. The summed E-state index contributed by atoms with van der Waals surface area (Å²) in [6.07, 6.45) is 3.20. The topological polar surface area (TPSA) is 27.1 Å². The summed E-state index contributed by atoms with van der Waals surface area (Å²) in [6, 6.07) is 0. The predicted molar refractivity (Wildman–Crippen MR) is 59.3 cm³/mol. The Morgan fingerprint density at radius 2 is 1.92 bits per heavy atom. The SMILES string of the molecule is CCCC(=N)N(CC)CC(C)CC. The zero-order valence-electron chi connectivity index (χ0n) is 9.56. The highest BCUT2D eigenvalue weighted by molar-refractivity contribution is 5.78. The Morgan fingerprint density at radius 1 is 1.31 bits per heavy atom. The van der Waals surface area contributed by atoms with E-state index in [-0.39, 0.29) is 0 Å². The van der Waals surface area contributed by atoms with E-state index in [1.54, 1.807) is 0 Å². The van der Waals surface area contributed by atoms with Gasteiger partial charge in [0.25, 0.3) is 0 Å². The molecule has 0 spiro atoms. The fourth-order valence-corrected chi connectivity index (χ4v) is 1.33. The third-order valence-electron chi connectivity index (χ3n) is 2.48. The lowest BCUT2D eigenvalue weighted by Gasteiger charge is -2.26. The number of hydrogen-bond acceptors (Lipinski definition) is 1. The standard InChI is InChI=1S/C11H24N2/c1-5-8-11(12)13(7-3)9-10(4)6-2/h10,12H,5-9H2,1-4H3. The highest BCUT2D eigenvalue weighted by Crippen LogP contribution is 2.06. The van der Waals surface area contributed by atoms with Crippen LogP contribution in [0.1, 0.15) is 47.0 Å². The third kappa shape index (κ3) is 4.91. The summed E-state index contributed by atoms with van der Waals surface area (Å²) in [5.74, 6) is 1.52. The van der Waals surface area contributed by atoms with E-state index >= 15 is 0 Å². The Labute approximate surface area is 82.8 Å². The molecular weight excluding hydrogens is 160 g/mol. The lowest BCUT2D eigenvalue weighted by molar-refractivity contribution is 0.351. The van der Waals surface area contributed by atoms with Crippen LogP contribution >= 0.6 is 0 Å². The van der Waals surface area contributed by atoms with Crippen LogP contribution in [0.2, 0.25) is 0 Å². The van der Waals surface area contributed by atoms with Gasteiger partial charge < -0.3 is 4.90 Å². The van der Waals surface area contributed by atoms with Gasteiger partial charge in [0, 0.05) is 19.5 Å². The van der Waals surface area contributed by atoms with Crippen LogP contribution in [0.4, 0.5) is 0 Å². The Kier molecular flexibility index (Phi) is 6.65. The molecule has 2 heteroatoms. The van der Waals surface area contributed by atoms with E-state index in [2.05, 4.69) is 32.6 Å². The van der Waals surface area contributed by atoms with Gasteiger partial charge in [0.2, 0.25) is 0 Å². The van der Waals surface area contributed by atoms with Gasteiger partial charge in [-0.25, -0.2) is 0 Å². The zero-order chi connectivity index (χ0) is 10.3. The maximum absolute atomic E-state index is 7.84. The predicted octanol–water partition coefficient (Wildman–Crippen LogP) is 3.13. The minimum absolute atomic E-state index is 0.706. The molecule has 1 atom stereocenters. The quantitative estimate of drug-likeness (QED) is 0.498. The number of nitrogens with zero attached hydrogens (tertiary/aromatic N) is 1. The Bertz CT molecular complexity index is 143. The molecule has 0 aliphatic rings. The number of rotatable bonds is 6. The number of hydrogen-bond donors (Lipinski definition) is 1. The fourth-order valence-electron chi connectivity index (χ4n) is 1.33. The van der Waals surface area contributed by atoms with Crippen molar-refractivity contribution < 1.29 is 0 Å². The Hall–Kier alpha value is -0.530. The molecule has 0 fully saturated rings. The first-order chi connectivity index (χ1) is 6.15. The maximum Gasteiger partial charge on any atom is 0.0957 e. The molecule has 0 aliphatic heterocycles. The molecule has 0 amide bonds. The van der Waals surface area contributed by atoms with Crippen molar-refractivity contribution in [3.63, 3.8) is 0 Å². The van der Waals surface area contributed by atoms with Crippen LogP contribution in [-0.4, -0.2) is 23.8 Å². The van der Waals surface area contributed by atoms with E-state index in [4.69, 9.17) is 5.41 Å². The lowest BCUT2D eigenvalue weighted by Crippen LogP contribution is -2.33. The molecule has 0 radical (unpaired) electrons. The highest BCUT2D eigenvalue weighted by Gasteiger charge is 2.09. The molecule has 0 aliphatic carbocycles. The van der Waals surface area contributed by atoms with Crippen molar-refractivity contribution >= 4 is 5.84 Å². The molecule has 13 heavy (non-hydrogen) atoms. The van der Waals surface area contributed by atoms with Crippen molar-refractivity contribution in [3.8, 4) is 0 Å². The van der Waals surface area contributed by atoms with Crippen molar-refractivity contribution in [2.24, 2.45) is 5.92 Å². The second-order valence-electron chi connectivity index (χ2n) is 3.75. The van der Waals surface area contributed by atoms with E-state index in [1.165, 1.54) is 6.42 Å². The largest absolute Gasteiger partial charge is 0.361 e. The van der Waals surface area contributed by atoms with Crippen LogP contribution in [0.5, 0.6) is 0 Å². The third-order valence-corrected chi connectivity index (χ3v) is 2.48. The van der Waals surface area contributed by atoms with Crippen LogP contribution in [0.15, 0.2) is 0 Å². The van der Waals surface area contributed by atoms with Gasteiger partial charge in [-0.2, -0.15) is 0 Å². The first-order valence-electron chi connectivity index (χ1n) is 5.47. The van der Waals surface area contributed by atoms with E-state index in [0.29, 0.717) is 5.92 Å². The Morgan fingerprint density at radius 3 is 2.31 bits per heavy atom. The molecule has 0 saturated heterocycles. The lowest BCUT2D eigenvalue weighted by atomic mass is 10.1. The monoisotopic (exact) mass is 184 g/mol. The minimum atomic E-state index is 0.706. The van der Waals surface area contributed by atoms with Gasteiger partial charge in [-0.05, 0) is 19.3 Å². The highest BCUT2D eigenvalue weighted by atomic mass is 15.2. The van der Waals surface area contributed by atoms with E-state index in [1.807, 2.05) is 0 Å². The summed E-state index contributed by atoms with van der Waals surface area (Å²) in [5.41, 5.74) is 0. The molecule has 0 aromatic carbocycles. The molecule has 1 N–H and O–H groups in total. The van der Waals surface area contributed by atoms with Crippen LogP contribution in [0.3, 0.4) is 0 Å². The van der Waals surface area contributed by atoms with Gasteiger partial charge in [-0.1, -0.05) is 27.2 Å². The smallest absolute Gasteiger partial charge is 0.0957 e. The van der Waals surface area contributed by atoms with Gasteiger partial charge in [0.15, 0.2) is 0 Å². The first kappa shape index (κ1) is 12.5. The van der Waals surface area contributed by atoms with Gasteiger partial charge >= 0.3 is 0 Å². The van der Waals surface area contributed by atoms with Crippen molar-refractivity contribution in [2.75, 3.05) is 13.1 Å². The normalized spacial score (nSPS) is 12.6. The number of nitrogens with one attached hydrogen (secondary N) is 1. The van der Waals surface area contributed by atoms with Gasteiger partial charge in [0.1, 0.15) is 0 Å². The summed E-state index contributed by atoms with van der Waals surface area (Å²) >= 11 is 0. The molecule has 1 unspecified atom stereocenters. The minimum Gasteiger partial charge on any atom is -0.361 e. The van der Waals surface area contributed by atoms with Gasteiger partial charge in [-0.15, -0.1) is 0 Å². The van der Waals surface area contributed by atoms with Crippen LogP contribution in [0.25, 0.3) is 0 Å². The molecular formula is C11H24N2. The van der Waals surface area contributed by atoms with Crippen molar-refractivity contribution in [3.05, 3.63) is 0 Å². The van der Waals surface area contributed by atoms with Crippen LogP contribution < -0.4 is 0 Å². The summed E-state index contributed by atoms with van der Waals surface area (Å²) in [7, 11) is 0. The van der Waals surface area contributed by atoms with Crippen LogP contribution in [-0.2, 0) is 0 Å². The van der Waals surface area contributed by atoms with Gasteiger partial charge in [-0.3, -0.25) is 5.41 Å². The second kappa shape index (κ2) is 6.93. The van der Waals surface area contributed by atoms with E-state index in [0.717, 1.165) is 31.8 Å². The maximum atomic E-state index is 7.84. The molecule has 0 aromatic heterocycles. The molecule has 0 bridgehead atoms. The average Bonchev–Trinajstić information content (AvgIpc) is 2.14. The first-order valence-corrected chi connectivity index (χ1v) is 5.47. The Balaban J connectivity index is 3.94.